The van der Waals surface area contributed by atoms with Crippen LogP contribution >= 0.6 is 0 Å². The van der Waals surface area contributed by atoms with Crippen LogP contribution in [0.15, 0.2) is 42.6 Å². The SMILES string of the molecule is CC#Cc1ccc2c(-c3ccc4c5c(ccnc35)CCO4)c([C@H](OC(C)(C)C)C(C)=O)c(C)cc2n1. The summed E-state index contributed by atoms with van der Waals surface area (Å²) in [5.41, 5.74) is 6.72. The number of carbonyl (C=O) groups is 1. The Morgan fingerprint density at radius 3 is 2.69 bits per heavy atom. The van der Waals surface area contributed by atoms with Crippen molar-refractivity contribution >= 4 is 27.6 Å². The molecule has 0 fully saturated rings. The lowest BCUT2D eigenvalue weighted by molar-refractivity contribution is -0.138. The van der Waals surface area contributed by atoms with E-state index < -0.39 is 11.7 Å². The van der Waals surface area contributed by atoms with Crippen molar-refractivity contribution in [3.05, 3.63) is 65.0 Å². The molecule has 0 amide bonds. The molecule has 0 spiro atoms. The number of hydrogen-bond donors (Lipinski definition) is 0. The van der Waals surface area contributed by atoms with E-state index in [4.69, 9.17) is 19.4 Å². The molecule has 4 aromatic rings. The second-order valence-corrected chi connectivity index (χ2v) is 10.2. The zero-order chi connectivity index (χ0) is 25.6. The second kappa shape index (κ2) is 9.04. The van der Waals surface area contributed by atoms with Gasteiger partial charge in [-0.3, -0.25) is 9.78 Å². The number of benzene rings is 2. The van der Waals surface area contributed by atoms with Gasteiger partial charge in [-0.2, -0.15) is 0 Å². The third kappa shape index (κ3) is 4.23. The highest BCUT2D eigenvalue weighted by Crippen LogP contribution is 2.44. The lowest BCUT2D eigenvalue weighted by Crippen LogP contribution is -2.27. The molecule has 36 heavy (non-hydrogen) atoms. The third-order valence-corrected chi connectivity index (χ3v) is 6.44. The van der Waals surface area contributed by atoms with Crippen LogP contribution in [0, 0.1) is 18.8 Å². The minimum absolute atomic E-state index is 0.0472. The van der Waals surface area contributed by atoms with E-state index >= 15 is 0 Å². The molecule has 1 atom stereocenters. The van der Waals surface area contributed by atoms with Gasteiger partial charge in [0, 0.05) is 29.0 Å². The van der Waals surface area contributed by atoms with Crippen molar-refractivity contribution in [2.24, 2.45) is 0 Å². The van der Waals surface area contributed by atoms with Crippen LogP contribution in [0.5, 0.6) is 5.75 Å². The Balaban J connectivity index is 1.91. The van der Waals surface area contributed by atoms with E-state index in [1.54, 1.807) is 13.8 Å². The van der Waals surface area contributed by atoms with Gasteiger partial charge in [-0.1, -0.05) is 5.92 Å². The molecule has 1 aliphatic heterocycles. The number of carbonyl (C=O) groups excluding carboxylic acids is 1. The highest BCUT2D eigenvalue weighted by molar-refractivity contribution is 6.08. The smallest absolute Gasteiger partial charge is 0.163 e. The Morgan fingerprint density at radius 2 is 1.97 bits per heavy atom. The van der Waals surface area contributed by atoms with Crippen LogP contribution in [0.3, 0.4) is 0 Å². The van der Waals surface area contributed by atoms with Gasteiger partial charge in [0.15, 0.2) is 5.78 Å². The maximum atomic E-state index is 13.1. The van der Waals surface area contributed by atoms with E-state index in [0.717, 1.165) is 56.2 Å². The summed E-state index contributed by atoms with van der Waals surface area (Å²) in [5, 5.41) is 1.96. The maximum Gasteiger partial charge on any atom is 0.163 e. The zero-order valence-electron chi connectivity index (χ0n) is 21.7. The van der Waals surface area contributed by atoms with Gasteiger partial charge in [-0.25, -0.2) is 4.98 Å². The first-order valence-corrected chi connectivity index (χ1v) is 12.3. The van der Waals surface area contributed by atoms with E-state index in [1.807, 2.05) is 64.2 Å². The first-order valence-electron chi connectivity index (χ1n) is 12.3. The first-order chi connectivity index (χ1) is 17.2. The molecule has 0 bridgehead atoms. The molecule has 182 valence electrons. The second-order valence-electron chi connectivity index (χ2n) is 10.2. The topological polar surface area (TPSA) is 61.3 Å². The summed E-state index contributed by atoms with van der Waals surface area (Å²) < 4.78 is 12.4. The number of pyridine rings is 2. The molecule has 0 N–H and O–H groups in total. The Hall–Kier alpha value is -3.75. The predicted molar refractivity (Wildman–Crippen MR) is 143 cm³/mol. The fourth-order valence-electron chi connectivity index (χ4n) is 5.05. The van der Waals surface area contributed by atoms with Crippen molar-refractivity contribution in [1.82, 2.24) is 9.97 Å². The van der Waals surface area contributed by atoms with Crippen LogP contribution in [0.2, 0.25) is 0 Å². The summed E-state index contributed by atoms with van der Waals surface area (Å²) in [6.07, 6.45) is 1.96. The number of rotatable bonds is 4. The lowest BCUT2D eigenvalue weighted by atomic mass is 9.85. The molecule has 2 aromatic carbocycles. The predicted octanol–water partition coefficient (Wildman–Crippen LogP) is 6.51. The molecule has 5 nitrogen and oxygen atoms in total. The van der Waals surface area contributed by atoms with E-state index in [9.17, 15) is 4.79 Å². The minimum Gasteiger partial charge on any atom is -0.493 e. The Kier molecular flexibility index (Phi) is 6.02. The highest BCUT2D eigenvalue weighted by Gasteiger charge is 2.31. The number of nitrogens with zero attached hydrogens (tertiary/aromatic N) is 2. The van der Waals surface area contributed by atoms with E-state index in [2.05, 4.69) is 17.9 Å². The van der Waals surface area contributed by atoms with Gasteiger partial charge in [-0.05, 0) is 106 Å². The van der Waals surface area contributed by atoms with Crippen LogP contribution in [0.1, 0.15) is 63.1 Å². The summed E-state index contributed by atoms with van der Waals surface area (Å²) in [4.78, 5) is 22.7. The van der Waals surface area contributed by atoms with Crippen LogP contribution in [0.25, 0.3) is 32.9 Å². The Bertz CT molecular complexity index is 1580. The summed E-state index contributed by atoms with van der Waals surface area (Å²) >= 11 is 0. The summed E-state index contributed by atoms with van der Waals surface area (Å²) in [6.45, 7) is 12.0. The van der Waals surface area contributed by atoms with Gasteiger partial charge >= 0.3 is 0 Å². The van der Waals surface area contributed by atoms with E-state index in [1.165, 1.54) is 5.56 Å². The number of aromatic nitrogens is 2. The molecule has 0 saturated carbocycles. The van der Waals surface area contributed by atoms with Crippen LogP contribution in [-0.2, 0) is 16.0 Å². The Labute approximate surface area is 211 Å². The van der Waals surface area contributed by atoms with Crippen LogP contribution in [-0.4, -0.2) is 28.0 Å². The van der Waals surface area contributed by atoms with Gasteiger partial charge in [-0.15, -0.1) is 0 Å². The lowest BCUT2D eigenvalue weighted by Gasteiger charge is -2.30. The van der Waals surface area contributed by atoms with Crippen LogP contribution < -0.4 is 4.74 Å². The quantitative estimate of drug-likeness (QED) is 0.313. The third-order valence-electron chi connectivity index (χ3n) is 6.44. The van der Waals surface area contributed by atoms with Gasteiger partial charge in [0.2, 0.25) is 0 Å². The summed E-state index contributed by atoms with van der Waals surface area (Å²) in [6, 6.07) is 12.1. The van der Waals surface area contributed by atoms with E-state index in [0.29, 0.717) is 12.3 Å². The van der Waals surface area contributed by atoms with Crippen LogP contribution in [0.4, 0.5) is 0 Å². The van der Waals surface area contributed by atoms with Crippen molar-refractivity contribution < 1.29 is 14.3 Å². The molecule has 0 saturated heterocycles. The van der Waals surface area contributed by atoms with Gasteiger partial charge in [0.05, 0.1) is 23.2 Å². The molecule has 0 unspecified atom stereocenters. The van der Waals surface area contributed by atoms with Crippen molar-refractivity contribution in [3.8, 4) is 28.7 Å². The van der Waals surface area contributed by atoms with Crippen molar-refractivity contribution in [1.29, 1.82) is 0 Å². The highest BCUT2D eigenvalue weighted by atomic mass is 16.5. The minimum atomic E-state index is -0.735. The molecule has 5 heteroatoms. The molecule has 2 aromatic heterocycles. The Morgan fingerprint density at radius 1 is 1.17 bits per heavy atom. The average molecular weight is 479 g/mol. The monoisotopic (exact) mass is 478 g/mol. The number of ether oxygens (including phenoxy) is 2. The fourth-order valence-corrected chi connectivity index (χ4v) is 5.05. The largest absolute Gasteiger partial charge is 0.493 e. The number of hydrogen-bond acceptors (Lipinski definition) is 5. The average Bonchev–Trinajstić information content (AvgIpc) is 2.82. The number of ketones is 1. The maximum absolute atomic E-state index is 13.1. The zero-order valence-corrected chi connectivity index (χ0v) is 21.7. The molecule has 0 radical (unpaired) electrons. The van der Waals surface area contributed by atoms with Crippen molar-refractivity contribution in [2.45, 2.75) is 59.7 Å². The first kappa shape index (κ1) is 24.0. The number of Topliss-reactive ketones (excluding diaryl/α,β-unsaturated/α-hetero) is 1. The fraction of sp³-hybridized carbons (Fsp3) is 0.323. The van der Waals surface area contributed by atoms with Crippen molar-refractivity contribution in [3.63, 3.8) is 0 Å². The molecule has 1 aliphatic rings. The molecule has 3 heterocycles. The normalized spacial score (nSPS) is 13.7. The van der Waals surface area contributed by atoms with Gasteiger partial charge in [0.1, 0.15) is 17.5 Å². The number of fused-ring (bicyclic) bond motifs is 1. The van der Waals surface area contributed by atoms with Gasteiger partial charge in [0.25, 0.3) is 0 Å². The molecular formula is C31H30N2O3. The molecule has 0 aliphatic carbocycles. The van der Waals surface area contributed by atoms with E-state index in [-0.39, 0.29) is 5.78 Å². The van der Waals surface area contributed by atoms with Gasteiger partial charge < -0.3 is 9.47 Å². The summed E-state index contributed by atoms with van der Waals surface area (Å²) in [5.74, 6) is 6.78. The number of aryl methyl sites for hydroxylation is 1. The standard InChI is InChI=1S/C31H30N2O3/c1-7-8-21-9-10-22-24(33-21)17-18(2)26(30(19(3)34)36-31(4,5)6)28(22)23-11-12-25-27-20(14-16-35-25)13-15-32-29(23)27/h9-13,15,17,30H,14,16H2,1-6H3/t30-/m1/s1. The molecule has 5 rings (SSSR count). The molecular weight excluding hydrogens is 448 g/mol. The summed E-state index contributed by atoms with van der Waals surface area (Å²) in [7, 11) is 0. The van der Waals surface area contributed by atoms with Crippen molar-refractivity contribution in [2.75, 3.05) is 6.61 Å².